The third-order valence-corrected chi connectivity index (χ3v) is 3.13. The van der Waals surface area contributed by atoms with E-state index < -0.39 is 31.2 Å². The Bertz CT molecular complexity index is 606. The number of aliphatic hydroxyl groups is 2. The predicted octanol–water partition coefficient (Wildman–Crippen LogP) is -1.00. The van der Waals surface area contributed by atoms with E-state index in [9.17, 15) is 9.50 Å². The summed E-state index contributed by atoms with van der Waals surface area (Å²) >= 11 is 0. The maximum Gasteiger partial charge on any atom is 0.173 e. The second kappa shape index (κ2) is 4.37. The van der Waals surface area contributed by atoms with Gasteiger partial charge < -0.3 is 20.7 Å². The third kappa shape index (κ3) is 1.74. The molecule has 102 valence electrons. The van der Waals surface area contributed by atoms with Gasteiger partial charge in [0.05, 0.1) is 12.9 Å². The smallest absolute Gasteiger partial charge is 0.173 e. The molecular weight excluding hydrogens is 257 g/mol. The summed E-state index contributed by atoms with van der Waals surface area (Å²) in [6.45, 7) is -0.470. The molecule has 19 heavy (non-hydrogen) atoms. The number of fused-ring (bicyclic) bond motifs is 1. The SMILES string of the molecule is Nc1ncnc2c1ncn2[C@@H]1O[C@H](CO)[C@H](O)[C@H]1F. The Hall–Kier alpha value is -1.84. The molecule has 1 aliphatic rings. The van der Waals surface area contributed by atoms with E-state index in [1.54, 1.807) is 0 Å². The van der Waals surface area contributed by atoms with Crippen LogP contribution in [-0.4, -0.2) is 54.7 Å². The highest BCUT2D eigenvalue weighted by atomic mass is 19.1. The summed E-state index contributed by atoms with van der Waals surface area (Å²) in [6, 6.07) is 0. The maximum atomic E-state index is 14.0. The number of ether oxygens (including phenoxy) is 1. The van der Waals surface area contributed by atoms with Gasteiger partial charge in [-0.05, 0) is 0 Å². The molecule has 4 atom stereocenters. The first kappa shape index (κ1) is 12.2. The number of halogens is 1. The van der Waals surface area contributed by atoms with Crippen LogP contribution in [0.15, 0.2) is 12.7 Å². The van der Waals surface area contributed by atoms with Crippen LogP contribution in [0.3, 0.4) is 0 Å². The maximum absolute atomic E-state index is 14.0. The van der Waals surface area contributed by atoms with Crippen molar-refractivity contribution in [2.24, 2.45) is 0 Å². The fourth-order valence-corrected chi connectivity index (χ4v) is 2.13. The van der Waals surface area contributed by atoms with E-state index in [-0.39, 0.29) is 5.82 Å². The van der Waals surface area contributed by atoms with Gasteiger partial charge in [0.15, 0.2) is 23.9 Å². The number of rotatable bonds is 2. The van der Waals surface area contributed by atoms with E-state index in [1.807, 2.05) is 0 Å². The Morgan fingerprint density at radius 3 is 2.89 bits per heavy atom. The van der Waals surface area contributed by atoms with Gasteiger partial charge in [-0.2, -0.15) is 0 Å². The molecular formula is C10H12FN5O3. The highest BCUT2D eigenvalue weighted by Crippen LogP contribution is 2.33. The van der Waals surface area contributed by atoms with E-state index in [4.69, 9.17) is 15.6 Å². The van der Waals surface area contributed by atoms with Gasteiger partial charge in [-0.1, -0.05) is 0 Å². The van der Waals surface area contributed by atoms with Gasteiger partial charge in [0.25, 0.3) is 0 Å². The van der Waals surface area contributed by atoms with Gasteiger partial charge in [-0.15, -0.1) is 0 Å². The number of nitrogens with zero attached hydrogens (tertiary/aromatic N) is 4. The van der Waals surface area contributed by atoms with Crippen molar-refractivity contribution in [3.8, 4) is 0 Å². The normalized spacial score (nSPS) is 31.1. The molecule has 0 unspecified atom stereocenters. The van der Waals surface area contributed by atoms with E-state index in [0.29, 0.717) is 11.2 Å². The number of imidazole rings is 1. The van der Waals surface area contributed by atoms with Crippen LogP contribution in [0.1, 0.15) is 6.23 Å². The summed E-state index contributed by atoms with van der Waals surface area (Å²) in [5.41, 5.74) is 6.28. The summed E-state index contributed by atoms with van der Waals surface area (Å²) in [7, 11) is 0. The number of anilines is 1. The van der Waals surface area contributed by atoms with Gasteiger partial charge in [0, 0.05) is 0 Å². The monoisotopic (exact) mass is 269 g/mol. The minimum atomic E-state index is -1.69. The Labute approximate surface area is 106 Å². The zero-order chi connectivity index (χ0) is 13.6. The molecule has 3 rings (SSSR count). The van der Waals surface area contributed by atoms with Crippen molar-refractivity contribution in [2.45, 2.75) is 24.6 Å². The molecule has 0 aromatic carbocycles. The minimum Gasteiger partial charge on any atom is -0.394 e. The highest BCUT2D eigenvalue weighted by Gasteiger charge is 2.45. The lowest BCUT2D eigenvalue weighted by Gasteiger charge is -2.14. The van der Waals surface area contributed by atoms with Crippen LogP contribution in [-0.2, 0) is 4.74 Å². The summed E-state index contributed by atoms with van der Waals surface area (Å²) in [4.78, 5) is 11.8. The van der Waals surface area contributed by atoms with Crippen LogP contribution in [0, 0.1) is 0 Å². The van der Waals surface area contributed by atoms with Crippen LogP contribution in [0.5, 0.6) is 0 Å². The van der Waals surface area contributed by atoms with Crippen molar-refractivity contribution < 1.29 is 19.3 Å². The molecule has 0 aliphatic carbocycles. The summed E-state index contributed by atoms with van der Waals surface area (Å²) in [6.07, 6.45) is -2.61. The molecule has 9 heteroatoms. The number of aliphatic hydroxyl groups excluding tert-OH is 2. The fraction of sp³-hybridized carbons (Fsp3) is 0.500. The zero-order valence-electron chi connectivity index (χ0n) is 9.72. The van der Waals surface area contributed by atoms with Crippen molar-refractivity contribution >= 4 is 17.0 Å². The molecule has 2 aromatic rings. The largest absolute Gasteiger partial charge is 0.394 e. The molecule has 0 bridgehead atoms. The van der Waals surface area contributed by atoms with E-state index in [1.165, 1.54) is 17.2 Å². The lowest BCUT2D eigenvalue weighted by Crippen LogP contribution is -2.30. The van der Waals surface area contributed by atoms with E-state index in [2.05, 4.69) is 15.0 Å². The van der Waals surface area contributed by atoms with Crippen LogP contribution in [0.4, 0.5) is 10.2 Å². The Morgan fingerprint density at radius 2 is 2.21 bits per heavy atom. The van der Waals surface area contributed by atoms with Crippen molar-refractivity contribution in [2.75, 3.05) is 12.3 Å². The van der Waals surface area contributed by atoms with Crippen LogP contribution in [0.2, 0.25) is 0 Å². The number of nitrogen functional groups attached to an aromatic ring is 1. The second-order valence-corrected chi connectivity index (χ2v) is 4.27. The Kier molecular flexibility index (Phi) is 2.81. The predicted molar refractivity (Wildman–Crippen MR) is 61.6 cm³/mol. The van der Waals surface area contributed by atoms with Gasteiger partial charge in [-0.3, -0.25) is 4.57 Å². The molecule has 2 aromatic heterocycles. The molecule has 1 saturated heterocycles. The summed E-state index contributed by atoms with van der Waals surface area (Å²) in [5, 5.41) is 18.6. The van der Waals surface area contributed by atoms with Crippen molar-refractivity contribution in [1.82, 2.24) is 19.5 Å². The van der Waals surface area contributed by atoms with Gasteiger partial charge in [0.1, 0.15) is 24.1 Å². The van der Waals surface area contributed by atoms with Crippen molar-refractivity contribution in [3.05, 3.63) is 12.7 Å². The average Bonchev–Trinajstić information content (AvgIpc) is 2.94. The second-order valence-electron chi connectivity index (χ2n) is 4.27. The standard InChI is InChI=1S/C10H12FN5O3/c11-5-7(18)4(1-17)19-10(5)16-3-15-6-8(12)13-2-14-9(6)16/h2-5,7,10,17-18H,1H2,(H2,12,13,14)/t4-,5-,7+,10-/m1/s1. The first-order valence-electron chi connectivity index (χ1n) is 5.65. The molecule has 0 radical (unpaired) electrons. The van der Waals surface area contributed by atoms with E-state index >= 15 is 0 Å². The molecule has 8 nitrogen and oxygen atoms in total. The van der Waals surface area contributed by atoms with Crippen LogP contribution < -0.4 is 5.73 Å². The number of alkyl halides is 1. The number of hydrogen-bond acceptors (Lipinski definition) is 7. The number of aromatic nitrogens is 4. The first-order chi connectivity index (χ1) is 9.13. The van der Waals surface area contributed by atoms with Crippen molar-refractivity contribution in [3.63, 3.8) is 0 Å². The van der Waals surface area contributed by atoms with Crippen molar-refractivity contribution in [1.29, 1.82) is 0 Å². The molecule has 1 fully saturated rings. The average molecular weight is 269 g/mol. The molecule has 0 spiro atoms. The van der Waals surface area contributed by atoms with Crippen LogP contribution >= 0.6 is 0 Å². The molecule has 4 N–H and O–H groups in total. The van der Waals surface area contributed by atoms with Gasteiger partial charge >= 0.3 is 0 Å². The first-order valence-corrected chi connectivity index (χ1v) is 5.65. The van der Waals surface area contributed by atoms with Gasteiger partial charge in [-0.25, -0.2) is 19.3 Å². The third-order valence-electron chi connectivity index (χ3n) is 3.13. The summed E-state index contributed by atoms with van der Waals surface area (Å²) in [5.74, 6) is 0.177. The minimum absolute atomic E-state index is 0.177. The highest BCUT2D eigenvalue weighted by molar-refractivity contribution is 5.81. The fourth-order valence-electron chi connectivity index (χ4n) is 2.13. The van der Waals surface area contributed by atoms with Gasteiger partial charge in [0.2, 0.25) is 0 Å². The number of hydrogen-bond donors (Lipinski definition) is 3. The number of nitrogens with two attached hydrogens (primary N) is 1. The van der Waals surface area contributed by atoms with E-state index in [0.717, 1.165) is 0 Å². The van der Waals surface area contributed by atoms with Crippen LogP contribution in [0.25, 0.3) is 11.2 Å². The topological polar surface area (TPSA) is 119 Å². The zero-order valence-corrected chi connectivity index (χ0v) is 9.72. The Morgan fingerprint density at radius 1 is 1.42 bits per heavy atom. The molecule has 1 aliphatic heterocycles. The summed E-state index contributed by atoms with van der Waals surface area (Å²) < 4.78 is 20.6. The Balaban J connectivity index is 2.04. The quantitative estimate of drug-likeness (QED) is 0.639. The molecule has 0 saturated carbocycles. The molecule has 3 heterocycles. The lowest BCUT2D eigenvalue weighted by atomic mass is 10.1. The molecule has 0 amide bonds. The lowest BCUT2D eigenvalue weighted by molar-refractivity contribution is -0.0459.